The minimum absolute atomic E-state index is 0.0593. The van der Waals surface area contributed by atoms with Crippen molar-refractivity contribution < 1.29 is 18.8 Å². The van der Waals surface area contributed by atoms with Gasteiger partial charge in [0, 0.05) is 39.9 Å². The first-order valence-corrected chi connectivity index (χ1v) is 15.9. The van der Waals surface area contributed by atoms with Gasteiger partial charge in [-0.3, -0.25) is 19.3 Å². The SMILES string of the molecule is CC(=O)C12CCC(NC(=O)[C@H]3[C@H](c4cccc(Cl)c4F)[C@]4(C(=O)Nc5cc(Cl)ncc54)C4(CC(C)(C)C4)N3C)(CC1)CC2. The van der Waals surface area contributed by atoms with Gasteiger partial charge in [-0.2, -0.15) is 0 Å². The van der Waals surface area contributed by atoms with Crippen molar-refractivity contribution in [3.05, 3.63) is 57.6 Å². The smallest absolute Gasteiger partial charge is 0.238 e. The molecule has 3 atom stereocenters. The Morgan fingerprint density at radius 2 is 1.74 bits per heavy atom. The molecule has 10 heteroatoms. The molecular weight excluding hydrogens is 590 g/mol. The highest BCUT2D eigenvalue weighted by Crippen LogP contribution is 2.71. The summed E-state index contributed by atoms with van der Waals surface area (Å²) in [5.41, 5.74) is -1.53. The summed E-state index contributed by atoms with van der Waals surface area (Å²) in [5.74, 6) is -1.80. The van der Waals surface area contributed by atoms with E-state index >= 15 is 4.39 Å². The minimum Gasteiger partial charge on any atom is -0.349 e. The third kappa shape index (κ3) is 3.75. The van der Waals surface area contributed by atoms with E-state index in [0.29, 0.717) is 24.1 Å². The van der Waals surface area contributed by atoms with Crippen LogP contribution >= 0.6 is 23.2 Å². The number of halogens is 3. The molecule has 2 N–H and O–H groups in total. The number of carbonyl (C=O) groups is 3. The number of nitrogens with one attached hydrogen (secondary N) is 2. The Morgan fingerprint density at radius 1 is 1.09 bits per heavy atom. The first-order valence-electron chi connectivity index (χ1n) is 15.2. The monoisotopic (exact) mass is 626 g/mol. The molecule has 0 unspecified atom stereocenters. The van der Waals surface area contributed by atoms with Gasteiger partial charge in [0.15, 0.2) is 0 Å². The number of amides is 2. The van der Waals surface area contributed by atoms with E-state index in [9.17, 15) is 14.4 Å². The van der Waals surface area contributed by atoms with Gasteiger partial charge in [-0.15, -0.1) is 0 Å². The quantitative estimate of drug-likeness (QED) is 0.396. The summed E-state index contributed by atoms with van der Waals surface area (Å²) < 4.78 is 16.2. The van der Waals surface area contributed by atoms with Crippen LogP contribution in [0.25, 0.3) is 0 Å². The van der Waals surface area contributed by atoms with Gasteiger partial charge in [0.25, 0.3) is 0 Å². The second-order valence-corrected chi connectivity index (χ2v) is 15.4. The van der Waals surface area contributed by atoms with Crippen molar-refractivity contribution in [3.8, 4) is 0 Å². The normalized spacial score (nSPS) is 35.1. The molecule has 43 heavy (non-hydrogen) atoms. The Labute approximate surface area is 261 Å². The molecule has 1 aromatic carbocycles. The number of anilines is 1. The third-order valence-corrected chi connectivity index (χ3v) is 12.5. The van der Waals surface area contributed by atoms with Crippen molar-refractivity contribution >= 4 is 46.5 Å². The number of rotatable bonds is 4. The number of benzene rings is 1. The number of likely N-dealkylation sites (tertiary alicyclic amines) is 1. The fourth-order valence-electron chi connectivity index (χ4n) is 10.0. The van der Waals surface area contributed by atoms with Crippen molar-refractivity contribution in [2.45, 2.75) is 101 Å². The van der Waals surface area contributed by atoms with E-state index in [1.165, 1.54) is 6.07 Å². The summed E-state index contributed by atoms with van der Waals surface area (Å²) in [4.78, 5) is 48.2. The van der Waals surface area contributed by atoms with Gasteiger partial charge in [-0.05, 0) is 88.4 Å². The van der Waals surface area contributed by atoms with Crippen LogP contribution in [0.5, 0.6) is 0 Å². The highest BCUT2D eigenvalue weighted by atomic mass is 35.5. The lowest BCUT2D eigenvalue weighted by molar-refractivity contribution is -0.141. The van der Waals surface area contributed by atoms with Gasteiger partial charge in [0.05, 0.1) is 11.1 Å². The van der Waals surface area contributed by atoms with E-state index in [0.717, 1.165) is 38.5 Å². The maximum absolute atomic E-state index is 16.2. The lowest BCUT2D eigenvalue weighted by Gasteiger charge is -2.61. The van der Waals surface area contributed by atoms with E-state index in [1.54, 1.807) is 31.3 Å². The van der Waals surface area contributed by atoms with Crippen LogP contribution in [-0.4, -0.2) is 51.6 Å². The number of aromatic nitrogens is 1. The number of likely N-dealkylation sites (N-methyl/N-ethyl adjacent to an activating group) is 1. The zero-order chi connectivity index (χ0) is 30.7. The molecule has 2 bridgehead atoms. The molecule has 4 saturated carbocycles. The number of hydrogen-bond donors (Lipinski definition) is 2. The van der Waals surface area contributed by atoms with Gasteiger partial charge in [0.1, 0.15) is 22.2 Å². The minimum atomic E-state index is -1.32. The second-order valence-electron chi connectivity index (χ2n) is 14.6. The van der Waals surface area contributed by atoms with E-state index in [-0.39, 0.29) is 44.2 Å². The fourth-order valence-corrected chi connectivity index (χ4v) is 10.4. The summed E-state index contributed by atoms with van der Waals surface area (Å²) in [5, 5.41) is 6.65. The summed E-state index contributed by atoms with van der Waals surface area (Å²) in [6.07, 6.45) is 7.29. The maximum atomic E-state index is 16.2. The van der Waals surface area contributed by atoms with Crippen LogP contribution in [0.2, 0.25) is 10.2 Å². The molecule has 2 aliphatic heterocycles. The molecule has 228 valence electrons. The Hall–Kier alpha value is -2.55. The van der Waals surface area contributed by atoms with Crippen molar-refractivity contribution in [2.24, 2.45) is 10.8 Å². The summed E-state index contributed by atoms with van der Waals surface area (Å²) in [6.45, 7) is 5.99. The average molecular weight is 628 g/mol. The summed E-state index contributed by atoms with van der Waals surface area (Å²) in [7, 11) is 1.90. The highest BCUT2D eigenvalue weighted by Gasteiger charge is 2.79. The topological polar surface area (TPSA) is 91.4 Å². The second kappa shape index (κ2) is 9.24. The lowest BCUT2D eigenvalue weighted by Crippen LogP contribution is -2.68. The van der Waals surface area contributed by atoms with E-state index < -0.39 is 34.3 Å². The van der Waals surface area contributed by atoms with E-state index in [1.807, 2.05) is 11.9 Å². The summed E-state index contributed by atoms with van der Waals surface area (Å²) >= 11 is 12.6. The van der Waals surface area contributed by atoms with Crippen molar-refractivity contribution in [3.63, 3.8) is 0 Å². The molecule has 5 fully saturated rings. The van der Waals surface area contributed by atoms with Gasteiger partial charge < -0.3 is 10.6 Å². The highest BCUT2D eigenvalue weighted by molar-refractivity contribution is 6.31. The van der Waals surface area contributed by atoms with Crippen LogP contribution in [0.4, 0.5) is 10.1 Å². The van der Waals surface area contributed by atoms with Crippen LogP contribution in [-0.2, 0) is 19.8 Å². The Balaban J connectivity index is 1.39. The van der Waals surface area contributed by atoms with Crippen LogP contribution in [0.15, 0.2) is 30.5 Å². The Morgan fingerprint density at radius 3 is 2.35 bits per heavy atom. The molecule has 8 rings (SSSR count). The van der Waals surface area contributed by atoms with Gasteiger partial charge >= 0.3 is 0 Å². The molecule has 6 aliphatic rings. The molecule has 4 aliphatic carbocycles. The number of ketones is 1. The molecule has 2 spiro atoms. The standard InChI is InChI=1S/C33H37Cl2FN4O3/c1-18(41)30-8-11-31(12-9-30,13-10-30)39-27(42)26-24(19-6-5-7-21(34)25(19)36)33(32(40(26)4)16-29(2,3)17-32)20-15-37-23(35)14-22(20)38-28(33)43/h5-7,14-15,24,26H,8-13,16-17H2,1-4H3,(H,38,43)(H,39,42)/t24-,26+,30?,31?,33+/m0/s1. The van der Waals surface area contributed by atoms with Crippen molar-refractivity contribution in [1.29, 1.82) is 0 Å². The lowest BCUT2D eigenvalue weighted by atomic mass is 9.46. The van der Waals surface area contributed by atoms with Gasteiger partial charge in [-0.25, -0.2) is 9.37 Å². The Kier molecular flexibility index (Phi) is 6.27. The zero-order valence-electron chi connectivity index (χ0n) is 25.0. The predicted molar refractivity (Wildman–Crippen MR) is 163 cm³/mol. The molecule has 1 aromatic heterocycles. The van der Waals surface area contributed by atoms with Crippen molar-refractivity contribution in [1.82, 2.24) is 15.2 Å². The first-order chi connectivity index (χ1) is 20.2. The molecule has 1 saturated heterocycles. The largest absolute Gasteiger partial charge is 0.349 e. The van der Waals surface area contributed by atoms with E-state index in [4.69, 9.17) is 23.2 Å². The average Bonchev–Trinajstić information content (AvgIpc) is 3.35. The summed E-state index contributed by atoms with van der Waals surface area (Å²) in [6, 6.07) is 5.57. The number of hydrogen-bond acceptors (Lipinski definition) is 5. The molecular formula is C33H37Cl2FN4O3. The van der Waals surface area contributed by atoms with Gasteiger partial charge in [0.2, 0.25) is 11.8 Å². The van der Waals surface area contributed by atoms with Gasteiger partial charge in [-0.1, -0.05) is 49.2 Å². The zero-order valence-corrected chi connectivity index (χ0v) is 26.5. The van der Waals surface area contributed by atoms with Crippen molar-refractivity contribution in [2.75, 3.05) is 12.4 Å². The number of carbonyl (C=O) groups excluding carboxylic acids is 3. The Bertz CT molecular complexity index is 1560. The molecule has 3 heterocycles. The van der Waals surface area contributed by atoms with E-state index in [2.05, 4.69) is 29.5 Å². The van der Waals surface area contributed by atoms with Crippen LogP contribution in [0, 0.1) is 16.6 Å². The third-order valence-electron chi connectivity index (χ3n) is 12.0. The molecule has 2 aromatic rings. The fraction of sp³-hybridized carbons (Fsp3) is 0.576. The number of nitrogens with zero attached hydrogens (tertiary/aromatic N) is 2. The number of pyridine rings is 1. The van der Waals surface area contributed by atoms with Crippen LogP contribution in [0.3, 0.4) is 0 Å². The molecule has 0 radical (unpaired) electrons. The number of Topliss-reactive ketones (excluding diaryl/α,β-unsaturated/α-hetero) is 1. The predicted octanol–water partition coefficient (Wildman–Crippen LogP) is 6.17. The molecule has 7 nitrogen and oxygen atoms in total. The first kappa shape index (κ1) is 29.2. The number of fused-ring (bicyclic) bond motifs is 6. The van der Waals surface area contributed by atoms with Crippen LogP contribution in [0.1, 0.15) is 89.2 Å². The maximum Gasteiger partial charge on any atom is 0.238 e. The molecule has 2 amide bonds. The van der Waals surface area contributed by atoms with Crippen LogP contribution < -0.4 is 10.6 Å².